The minimum absolute atomic E-state index is 0.129. The predicted molar refractivity (Wildman–Crippen MR) is 138 cm³/mol. The number of aliphatic hydroxyl groups excluding tert-OH is 1. The number of phenolic OH excluding ortho intramolecular Hbond substituents is 1. The third-order valence-electron chi connectivity index (χ3n) is 5.83. The monoisotopic (exact) mass is 527 g/mol. The van der Waals surface area contributed by atoms with E-state index in [1.165, 1.54) is 36.3 Å². The zero-order valence-corrected chi connectivity index (χ0v) is 21.2. The smallest absolute Gasteiger partial charge is 0.300 e. The summed E-state index contributed by atoms with van der Waals surface area (Å²) in [6, 6.07) is 13.0. The first-order valence-electron chi connectivity index (χ1n) is 11.0. The summed E-state index contributed by atoms with van der Waals surface area (Å²) in [4.78, 5) is 27.9. The van der Waals surface area contributed by atoms with Crippen LogP contribution in [0.1, 0.15) is 29.7 Å². The zero-order valence-electron chi connectivity index (χ0n) is 19.7. The van der Waals surface area contributed by atoms with Gasteiger partial charge in [0, 0.05) is 5.56 Å². The topological polar surface area (TPSA) is 96.3 Å². The predicted octanol–water partition coefficient (Wildman–Crippen LogP) is 6.04. The maximum Gasteiger partial charge on any atom is 0.300 e. The van der Waals surface area contributed by atoms with Crippen LogP contribution >= 0.6 is 23.2 Å². The number of anilines is 1. The molecule has 186 valence electrons. The Kier molecular flexibility index (Phi) is 7.15. The quantitative estimate of drug-likeness (QED) is 0.230. The molecule has 0 aromatic heterocycles. The van der Waals surface area contributed by atoms with Crippen molar-refractivity contribution in [3.63, 3.8) is 0 Å². The molecule has 3 aromatic carbocycles. The maximum absolute atomic E-state index is 13.4. The first kappa shape index (κ1) is 25.4. The number of aryl methyl sites for hydroxylation is 1. The molecule has 0 spiro atoms. The molecule has 2 N–H and O–H groups in total. The van der Waals surface area contributed by atoms with Crippen molar-refractivity contribution in [1.29, 1.82) is 0 Å². The van der Waals surface area contributed by atoms with Gasteiger partial charge in [-0.15, -0.1) is 0 Å². The van der Waals surface area contributed by atoms with Crippen LogP contribution in [-0.2, 0) is 9.59 Å². The lowest BCUT2D eigenvalue weighted by atomic mass is 9.94. The first-order valence-corrected chi connectivity index (χ1v) is 11.8. The van der Waals surface area contributed by atoms with Gasteiger partial charge in [-0.1, -0.05) is 35.3 Å². The number of halogens is 2. The molecule has 1 unspecified atom stereocenters. The molecule has 7 nitrogen and oxygen atoms in total. The van der Waals surface area contributed by atoms with E-state index in [2.05, 4.69) is 0 Å². The summed E-state index contributed by atoms with van der Waals surface area (Å²) in [6.07, 6.45) is 0. The van der Waals surface area contributed by atoms with Gasteiger partial charge in [-0.25, -0.2) is 0 Å². The van der Waals surface area contributed by atoms with Crippen LogP contribution in [0, 0.1) is 6.92 Å². The average molecular weight is 528 g/mol. The van der Waals surface area contributed by atoms with Crippen LogP contribution in [0.15, 0.2) is 60.2 Å². The Morgan fingerprint density at radius 1 is 1.00 bits per heavy atom. The second kappa shape index (κ2) is 10.1. The van der Waals surface area contributed by atoms with E-state index in [0.29, 0.717) is 23.7 Å². The van der Waals surface area contributed by atoms with Gasteiger partial charge in [0.1, 0.15) is 11.5 Å². The number of hydrogen-bond acceptors (Lipinski definition) is 6. The number of aromatic hydroxyl groups is 1. The molecule has 1 saturated heterocycles. The number of rotatable bonds is 6. The van der Waals surface area contributed by atoms with E-state index in [0.717, 1.165) is 5.56 Å². The summed E-state index contributed by atoms with van der Waals surface area (Å²) < 4.78 is 11.1. The fourth-order valence-electron chi connectivity index (χ4n) is 4.15. The Labute approximate surface area is 218 Å². The van der Waals surface area contributed by atoms with E-state index in [-0.39, 0.29) is 32.6 Å². The molecule has 1 fully saturated rings. The largest absolute Gasteiger partial charge is 0.507 e. The maximum atomic E-state index is 13.4. The minimum atomic E-state index is -1.09. The van der Waals surface area contributed by atoms with Crippen molar-refractivity contribution in [2.45, 2.75) is 19.9 Å². The molecule has 1 aliphatic heterocycles. The number of nitrogens with zero attached hydrogens (tertiary/aromatic N) is 1. The summed E-state index contributed by atoms with van der Waals surface area (Å²) in [5.41, 5.74) is 1.38. The number of methoxy groups -OCH3 is 1. The first-order chi connectivity index (χ1) is 17.2. The van der Waals surface area contributed by atoms with Crippen LogP contribution in [-0.4, -0.2) is 35.6 Å². The van der Waals surface area contributed by atoms with E-state index in [4.69, 9.17) is 32.7 Å². The molecular formula is C27H23Cl2NO6. The molecule has 9 heteroatoms. The number of aliphatic hydroxyl groups is 1. The van der Waals surface area contributed by atoms with Crippen molar-refractivity contribution in [3.8, 4) is 17.2 Å². The number of phenols is 1. The van der Waals surface area contributed by atoms with Crippen LogP contribution in [0.3, 0.4) is 0 Å². The lowest BCUT2D eigenvalue weighted by Gasteiger charge is -2.27. The third-order valence-corrected chi connectivity index (χ3v) is 6.57. The Morgan fingerprint density at radius 3 is 2.42 bits per heavy atom. The molecule has 1 aliphatic rings. The SMILES string of the molecule is CCOc1cc(C2/C(=C(/O)c3ccc(Cl)c(Cl)c3)C(=O)C(=O)N2c2cc(C)ccc2O)ccc1OC. The molecule has 4 rings (SSSR count). The van der Waals surface area contributed by atoms with E-state index in [1.807, 2.05) is 6.92 Å². The van der Waals surface area contributed by atoms with Crippen LogP contribution in [0.5, 0.6) is 17.2 Å². The number of carbonyl (C=O) groups is 2. The summed E-state index contributed by atoms with van der Waals surface area (Å²) in [5, 5.41) is 22.4. The molecule has 0 bridgehead atoms. The van der Waals surface area contributed by atoms with Crippen molar-refractivity contribution in [2.75, 3.05) is 18.6 Å². The van der Waals surface area contributed by atoms with Crippen molar-refractivity contribution < 1.29 is 29.3 Å². The van der Waals surface area contributed by atoms with Gasteiger partial charge < -0.3 is 19.7 Å². The molecule has 3 aromatic rings. The van der Waals surface area contributed by atoms with Gasteiger partial charge in [0.15, 0.2) is 11.5 Å². The fourth-order valence-corrected chi connectivity index (χ4v) is 4.45. The van der Waals surface area contributed by atoms with Gasteiger partial charge in [0.25, 0.3) is 11.7 Å². The number of Topliss-reactive ketones (excluding diaryl/α,β-unsaturated/α-hetero) is 1. The van der Waals surface area contributed by atoms with Crippen LogP contribution < -0.4 is 14.4 Å². The van der Waals surface area contributed by atoms with E-state index >= 15 is 0 Å². The summed E-state index contributed by atoms with van der Waals surface area (Å²) in [7, 11) is 1.50. The lowest BCUT2D eigenvalue weighted by molar-refractivity contribution is -0.132. The summed E-state index contributed by atoms with van der Waals surface area (Å²) >= 11 is 12.2. The number of benzene rings is 3. The Hall–Kier alpha value is -3.68. The summed E-state index contributed by atoms with van der Waals surface area (Å²) in [6.45, 7) is 3.96. The molecule has 1 atom stereocenters. The third kappa shape index (κ3) is 4.47. The van der Waals surface area contributed by atoms with Gasteiger partial charge in [0.05, 0.1) is 41.1 Å². The molecule has 0 aliphatic carbocycles. The highest BCUT2D eigenvalue weighted by atomic mass is 35.5. The molecule has 0 saturated carbocycles. The standard InChI is InChI=1S/C27H23Cl2NO6/c1-4-36-22-13-15(7-10-21(22)35-3)24-23(25(32)16-6-8-17(28)18(29)12-16)26(33)27(34)30(24)19-11-14(2)5-9-20(19)31/h5-13,24,31-32H,4H2,1-3H3/b25-23-. The number of hydrogen-bond donors (Lipinski definition) is 2. The Balaban J connectivity index is 2.01. The van der Waals surface area contributed by atoms with Gasteiger partial charge in [-0.3, -0.25) is 14.5 Å². The van der Waals surface area contributed by atoms with Crippen molar-refractivity contribution in [1.82, 2.24) is 0 Å². The second-order valence-electron chi connectivity index (χ2n) is 8.13. The van der Waals surface area contributed by atoms with E-state index in [1.54, 1.807) is 37.3 Å². The number of carbonyl (C=O) groups excluding carboxylic acids is 2. The number of amides is 1. The van der Waals surface area contributed by atoms with Gasteiger partial charge in [-0.05, 0) is 67.4 Å². The highest BCUT2D eigenvalue weighted by Crippen LogP contribution is 2.46. The molecule has 36 heavy (non-hydrogen) atoms. The van der Waals surface area contributed by atoms with Crippen LogP contribution in [0.4, 0.5) is 5.69 Å². The zero-order chi connectivity index (χ0) is 26.1. The fraction of sp³-hybridized carbons (Fsp3) is 0.185. The Morgan fingerprint density at radius 2 is 1.75 bits per heavy atom. The minimum Gasteiger partial charge on any atom is -0.507 e. The van der Waals surface area contributed by atoms with Crippen LogP contribution in [0.2, 0.25) is 10.0 Å². The second-order valence-corrected chi connectivity index (χ2v) is 8.95. The lowest BCUT2D eigenvalue weighted by Crippen LogP contribution is -2.29. The highest BCUT2D eigenvalue weighted by Gasteiger charge is 2.48. The van der Waals surface area contributed by atoms with Gasteiger partial charge >= 0.3 is 0 Å². The summed E-state index contributed by atoms with van der Waals surface area (Å²) in [5.74, 6) is -1.60. The molecule has 1 amide bonds. The van der Waals surface area contributed by atoms with E-state index < -0.39 is 23.5 Å². The molecule has 1 heterocycles. The number of ether oxygens (including phenoxy) is 2. The number of ketones is 1. The van der Waals surface area contributed by atoms with Crippen molar-refractivity contribution in [2.24, 2.45) is 0 Å². The van der Waals surface area contributed by atoms with Gasteiger partial charge in [0.2, 0.25) is 0 Å². The van der Waals surface area contributed by atoms with E-state index in [9.17, 15) is 19.8 Å². The Bertz CT molecular complexity index is 1400. The van der Waals surface area contributed by atoms with Crippen molar-refractivity contribution >= 4 is 46.3 Å². The van der Waals surface area contributed by atoms with Gasteiger partial charge in [-0.2, -0.15) is 0 Å². The average Bonchev–Trinajstić information content (AvgIpc) is 3.12. The van der Waals surface area contributed by atoms with Crippen molar-refractivity contribution in [3.05, 3.63) is 86.9 Å². The normalized spacial score (nSPS) is 16.9. The van der Waals surface area contributed by atoms with Crippen LogP contribution in [0.25, 0.3) is 5.76 Å². The highest BCUT2D eigenvalue weighted by molar-refractivity contribution is 6.52. The molecular weight excluding hydrogens is 505 g/mol. The molecule has 0 radical (unpaired) electrons.